The van der Waals surface area contributed by atoms with Crippen LogP contribution >= 0.6 is 0 Å². The van der Waals surface area contributed by atoms with Crippen molar-refractivity contribution in [3.63, 3.8) is 0 Å². The number of unbranched alkanes of at least 4 members (excludes halogenated alkanes) is 1. The number of carbonyl (C=O) groups excluding carboxylic acids is 1. The fraction of sp³-hybridized carbons (Fsp3) is 0.750. The number of carbonyl (C=O) groups is 1. The van der Waals surface area contributed by atoms with Gasteiger partial charge in [-0.1, -0.05) is 18.9 Å². The van der Waals surface area contributed by atoms with Crippen molar-refractivity contribution in [3.05, 3.63) is 11.6 Å². The van der Waals surface area contributed by atoms with Crippen LogP contribution in [0.2, 0.25) is 0 Å². The summed E-state index contributed by atoms with van der Waals surface area (Å²) in [5.41, 5.74) is 0.708. The molecule has 0 fully saturated rings. The number of esters is 1. The first-order chi connectivity index (χ1) is 6.35. The molecule has 0 spiro atoms. The molecule has 82 valence electrons. The molecule has 0 aromatic heterocycles. The SMILES string of the molecule is CCCC/C(C)=C/C(=O)OC(C)(C)C. The van der Waals surface area contributed by atoms with Crippen molar-refractivity contribution < 1.29 is 9.53 Å². The Kier molecular flexibility index (Phi) is 5.51. The van der Waals surface area contributed by atoms with Gasteiger partial charge >= 0.3 is 5.97 Å². The molecular weight excluding hydrogens is 176 g/mol. The second-order valence-corrected chi connectivity index (χ2v) is 4.63. The Bertz CT molecular complexity index is 209. The molecule has 0 atom stereocenters. The maximum Gasteiger partial charge on any atom is 0.331 e. The topological polar surface area (TPSA) is 26.3 Å². The lowest BCUT2D eigenvalue weighted by atomic mass is 10.1. The summed E-state index contributed by atoms with van der Waals surface area (Å²) in [6.45, 7) is 9.74. The molecule has 0 aliphatic rings. The van der Waals surface area contributed by atoms with Gasteiger partial charge in [0.2, 0.25) is 0 Å². The van der Waals surface area contributed by atoms with Gasteiger partial charge in [0.1, 0.15) is 5.60 Å². The van der Waals surface area contributed by atoms with Gasteiger partial charge in [-0.2, -0.15) is 0 Å². The first-order valence-electron chi connectivity index (χ1n) is 5.25. The van der Waals surface area contributed by atoms with E-state index in [0.717, 1.165) is 24.8 Å². The van der Waals surface area contributed by atoms with E-state index in [4.69, 9.17) is 4.74 Å². The molecule has 0 aliphatic carbocycles. The van der Waals surface area contributed by atoms with Crippen LogP contribution in [-0.2, 0) is 9.53 Å². The molecule has 0 bridgehead atoms. The summed E-state index contributed by atoms with van der Waals surface area (Å²) < 4.78 is 5.17. The van der Waals surface area contributed by atoms with Crippen LogP contribution in [0.4, 0.5) is 0 Å². The van der Waals surface area contributed by atoms with E-state index < -0.39 is 5.60 Å². The molecule has 0 saturated heterocycles. The Morgan fingerprint density at radius 1 is 1.36 bits per heavy atom. The second-order valence-electron chi connectivity index (χ2n) is 4.63. The van der Waals surface area contributed by atoms with E-state index >= 15 is 0 Å². The summed E-state index contributed by atoms with van der Waals surface area (Å²) in [5, 5.41) is 0. The molecule has 0 radical (unpaired) electrons. The maximum atomic E-state index is 11.3. The molecule has 0 rings (SSSR count). The molecule has 2 heteroatoms. The van der Waals surface area contributed by atoms with Crippen molar-refractivity contribution in [1.29, 1.82) is 0 Å². The van der Waals surface area contributed by atoms with Crippen molar-refractivity contribution >= 4 is 5.97 Å². The molecule has 0 aromatic carbocycles. The quantitative estimate of drug-likeness (QED) is 0.510. The van der Waals surface area contributed by atoms with Crippen LogP contribution in [0.15, 0.2) is 11.6 Å². The Labute approximate surface area is 87.3 Å². The van der Waals surface area contributed by atoms with Crippen molar-refractivity contribution in [1.82, 2.24) is 0 Å². The van der Waals surface area contributed by atoms with Crippen molar-refractivity contribution in [2.24, 2.45) is 0 Å². The molecule has 0 unspecified atom stereocenters. The minimum Gasteiger partial charge on any atom is -0.457 e. The lowest BCUT2D eigenvalue weighted by Gasteiger charge is -2.18. The summed E-state index contributed by atoms with van der Waals surface area (Å²) in [4.78, 5) is 11.3. The summed E-state index contributed by atoms with van der Waals surface area (Å²) in [5.74, 6) is -0.230. The summed E-state index contributed by atoms with van der Waals surface area (Å²) >= 11 is 0. The number of hydrogen-bond acceptors (Lipinski definition) is 2. The largest absolute Gasteiger partial charge is 0.457 e. The van der Waals surface area contributed by atoms with Gasteiger partial charge in [0, 0.05) is 6.08 Å². The summed E-state index contributed by atoms with van der Waals surface area (Å²) in [7, 11) is 0. The van der Waals surface area contributed by atoms with Gasteiger partial charge in [0.25, 0.3) is 0 Å². The second kappa shape index (κ2) is 5.84. The van der Waals surface area contributed by atoms with Gasteiger partial charge in [-0.25, -0.2) is 4.79 Å². The van der Waals surface area contributed by atoms with E-state index in [9.17, 15) is 4.79 Å². The van der Waals surface area contributed by atoms with Crippen LogP contribution in [0.3, 0.4) is 0 Å². The summed E-state index contributed by atoms with van der Waals surface area (Å²) in [6.07, 6.45) is 4.86. The molecule has 0 saturated carbocycles. The van der Waals surface area contributed by atoms with E-state index in [1.54, 1.807) is 6.08 Å². The fourth-order valence-corrected chi connectivity index (χ4v) is 1.06. The minimum atomic E-state index is -0.390. The van der Waals surface area contributed by atoms with E-state index in [0.29, 0.717) is 0 Å². The van der Waals surface area contributed by atoms with Crippen molar-refractivity contribution in [3.8, 4) is 0 Å². The maximum absolute atomic E-state index is 11.3. The highest BCUT2D eigenvalue weighted by atomic mass is 16.6. The molecule has 2 nitrogen and oxygen atoms in total. The van der Waals surface area contributed by atoms with Crippen LogP contribution in [0.25, 0.3) is 0 Å². The number of ether oxygens (including phenoxy) is 1. The number of hydrogen-bond donors (Lipinski definition) is 0. The van der Waals surface area contributed by atoms with Crippen LogP contribution < -0.4 is 0 Å². The predicted octanol–water partition coefficient (Wildman–Crippen LogP) is 3.46. The lowest BCUT2D eigenvalue weighted by molar-refractivity contribution is -0.148. The Balaban J connectivity index is 4.02. The molecular formula is C12H22O2. The molecule has 0 aromatic rings. The fourth-order valence-electron chi connectivity index (χ4n) is 1.06. The van der Waals surface area contributed by atoms with Gasteiger partial charge in [-0.3, -0.25) is 0 Å². The highest BCUT2D eigenvalue weighted by Crippen LogP contribution is 2.10. The summed E-state index contributed by atoms with van der Waals surface area (Å²) in [6, 6.07) is 0. The molecule has 0 heterocycles. The molecule has 14 heavy (non-hydrogen) atoms. The average Bonchev–Trinajstić information content (AvgIpc) is 1.96. The smallest absolute Gasteiger partial charge is 0.331 e. The van der Waals surface area contributed by atoms with Gasteiger partial charge < -0.3 is 4.74 Å². The van der Waals surface area contributed by atoms with Gasteiger partial charge in [-0.15, -0.1) is 0 Å². The third-order valence-corrected chi connectivity index (χ3v) is 1.70. The van der Waals surface area contributed by atoms with Crippen LogP contribution in [0, 0.1) is 0 Å². The van der Waals surface area contributed by atoms with Gasteiger partial charge in [0.05, 0.1) is 0 Å². The van der Waals surface area contributed by atoms with E-state index in [2.05, 4.69) is 6.92 Å². The lowest BCUT2D eigenvalue weighted by Crippen LogP contribution is -2.22. The monoisotopic (exact) mass is 198 g/mol. The Hall–Kier alpha value is -0.790. The third kappa shape index (κ3) is 7.84. The van der Waals surface area contributed by atoms with Gasteiger partial charge in [-0.05, 0) is 40.5 Å². The average molecular weight is 198 g/mol. The Morgan fingerprint density at radius 2 is 1.93 bits per heavy atom. The minimum absolute atomic E-state index is 0.230. The van der Waals surface area contributed by atoms with E-state index in [-0.39, 0.29) is 5.97 Å². The van der Waals surface area contributed by atoms with Crippen LogP contribution in [0.1, 0.15) is 53.9 Å². The van der Waals surface area contributed by atoms with Crippen LogP contribution in [0.5, 0.6) is 0 Å². The highest BCUT2D eigenvalue weighted by Gasteiger charge is 2.14. The normalized spacial score (nSPS) is 12.8. The standard InChI is InChI=1S/C12H22O2/c1-6-7-8-10(2)9-11(13)14-12(3,4)5/h9H,6-8H2,1-5H3/b10-9+. The molecule has 0 amide bonds. The van der Waals surface area contributed by atoms with Crippen molar-refractivity contribution in [2.45, 2.75) is 59.5 Å². The Morgan fingerprint density at radius 3 is 2.36 bits per heavy atom. The molecule has 0 aliphatic heterocycles. The number of allylic oxidation sites excluding steroid dienone is 1. The predicted molar refractivity (Wildman–Crippen MR) is 59.1 cm³/mol. The number of rotatable bonds is 4. The van der Waals surface area contributed by atoms with E-state index in [1.807, 2.05) is 27.7 Å². The first kappa shape index (κ1) is 13.2. The highest BCUT2D eigenvalue weighted by molar-refractivity contribution is 5.83. The van der Waals surface area contributed by atoms with E-state index in [1.165, 1.54) is 0 Å². The molecule has 0 N–H and O–H groups in total. The van der Waals surface area contributed by atoms with Crippen molar-refractivity contribution in [2.75, 3.05) is 0 Å². The zero-order chi connectivity index (χ0) is 11.2. The van der Waals surface area contributed by atoms with Crippen LogP contribution in [-0.4, -0.2) is 11.6 Å². The zero-order valence-electron chi connectivity index (χ0n) is 10.0. The zero-order valence-corrected chi connectivity index (χ0v) is 10.0. The van der Waals surface area contributed by atoms with Gasteiger partial charge in [0.15, 0.2) is 0 Å². The first-order valence-corrected chi connectivity index (χ1v) is 5.25. The third-order valence-electron chi connectivity index (χ3n) is 1.70.